The first-order valence-electron chi connectivity index (χ1n) is 9.96. The van der Waals surface area contributed by atoms with E-state index < -0.39 is 5.82 Å². The summed E-state index contributed by atoms with van der Waals surface area (Å²) < 4.78 is 20.3. The van der Waals surface area contributed by atoms with Crippen LogP contribution in [0.15, 0.2) is 48.7 Å². The van der Waals surface area contributed by atoms with E-state index in [2.05, 4.69) is 10.00 Å². The predicted molar refractivity (Wildman–Crippen MR) is 122 cm³/mol. The molecular weight excluding hydrogens is 478 g/mol. The fourth-order valence-corrected chi connectivity index (χ4v) is 3.91. The fraction of sp³-hybridized carbons (Fsp3) is 0.273. The van der Waals surface area contributed by atoms with E-state index in [1.165, 1.54) is 22.9 Å². The van der Waals surface area contributed by atoms with Crippen molar-refractivity contribution < 1.29 is 13.9 Å². The Morgan fingerprint density at radius 2 is 1.75 bits per heavy atom. The van der Waals surface area contributed by atoms with Gasteiger partial charge < -0.3 is 9.64 Å². The Bertz CT molecular complexity index is 1120. The van der Waals surface area contributed by atoms with Crippen molar-refractivity contribution in [3.8, 4) is 5.75 Å². The molecule has 0 unspecified atom stereocenters. The average molecular weight is 498 g/mol. The van der Waals surface area contributed by atoms with E-state index in [9.17, 15) is 9.18 Å². The van der Waals surface area contributed by atoms with Crippen molar-refractivity contribution in [2.75, 3.05) is 26.2 Å². The minimum absolute atomic E-state index is 0.0165. The van der Waals surface area contributed by atoms with Crippen LogP contribution in [0.4, 0.5) is 4.39 Å². The monoisotopic (exact) mass is 496 g/mol. The summed E-state index contributed by atoms with van der Waals surface area (Å²) in [6, 6.07) is 11.4. The zero-order valence-electron chi connectivity index (χ0n) is 17.0. The van der Waals surface area contributed by atoms with Crippen LogP contribution in [0, 0.1) is 5.82 Å². The SMILES string of the molecule is O=C(c1ccn(COc2ccc(F)c(Cl)c2)n1)N1CCN(Cc2ccc(Cl)c(Cl)c2)CC1. The number of piperazine rings is 1. The minimum atomic E-state index is -0.511. The summed E-state index contributed by atoms with van der Waals surface area (Å²) in [7, 11) is 0. The molecule has 2 heterocycles. The first-order chi connectivity index (χ1) is 15.4. The molecule has 4 rings (SSSR count). The molecule has 3 aromatic rings. The number of hydrogen-bond donors (Lipinski definition) is 0. The van der Waals surface area contributed by atoms with Gasteiger partial charge >= 0.3 is 0 Å². The lowest BCUT2D eigenvalue weighted by atomic mass is 10.2. The highest BCUT2D eigenvalue weighted by Crippen LogP contribution is 2.24. The molecule has 10 heteroatoms. The van der Waals surface area contributed by atoms with Gasteiger partial charge in [0, 0.05) is 45.0 Å². The first kappa shape index (κ1) is 22.9. The molecule has 0 spiro atoms. The third-order valence-electron chi connectivity index (χ3n) is 5.16. The number of rotatable bonds is 6. The van der Waals surface area contributed by atoms with Gasteiger partial charge in [-0.2, -0.15) is 5.10 Å². The predicted octanol–water partition coefficient (Wildman–Crippen LogP) is 4.98. The summed E-state index contributed by atoms with van der Waals surface area (Å²) in [6.45, 7) is 3.54. The normalized spacial score (nSPS) is 14.6. The second-order valence-corrected chi connectivity index (χ2v) is 8.63. The number of carbonyl (C=O) groups excluding carboxylic acids is 1. The molecular formula is C22H20Cl3FN4O2. The lowest BCUT2D eigenvalue weighted by molar-refractivity contribution is 0.0621. The van der Waals surface area contributed by atoms with Crippen LogP contribution in [0.5, 0.6) is 5.75 Å². The van der Waals surface area contributed by atoms with E-state index in [4.69, 9.17) is 39.5 Å². The van der Waals surface area contributed by atoms with Crippen LogP contribution in [0.3, 0.4) is 0 Å². The number of nitrogens with zero attached hydrogens (tertiary/aromatic N) is 4. The second-order valence-electron chi connectivity index (χ2n) is 7.41. The minimum Gasteiger partial charge on any atom is -0.471 e. The molecule has 6 nitrogen and oxygen atoms in total. The Kier molecular flexibility index (Phi) is 7.20. The lowest BCUT2D eigenvalue weighted by Gasteiger charge is -2.34. The number of halogens is 4. The zero-order chi connectivity index (χ0) is 22.7. The molecule has 168 valence electrons. The molecule has 1 saturated heterocycles. The van der Waals surface area contributed by atoms with Gasteiger partial charge in [0.1, 0.15) is 11.6 Å². The number of aromatic nitrogens is 2. The molecule has 1 aromatic heterocycles. The van der Waals surface area contributed by atoms with E-state index in [0.29, 0.717) is 34.6 Å². The highest BCUT2D eigenvalue weighted by molar-refractivity contribution is 6.42. The van der Waals surface area contributed by atoms with Gasteiger partial charge in [0.25, 0.3) is 5.91 Å². The smallest absolute Gasteiger partial charge is 0.274 e. The molecule has 1 aliphatic rings. The zero-order valence-corrected chi connectivity index (χ0v) is 19.2. The van der Waals surface area contributed by atoms with Crippen LogP contribution in [-0.4, -0.2) is 51.7 Å². The maximum atomic E-state index is 13.2. The first-order valence-corrected chi connectivity index (χ1v) is 11.1. The molecule has 32 heavy (non-hydrogen) atoms. The van der Waals surface area contributed by atoms with Gasteiger partial charge in [-0.3, -0.25) is 9.69 Å². The summed E-state index contributed by atoms with van der Waals surface area (Å²) in [4.78, 5) is 16.9. The lowest BCUT2D eigenvalue weighted by Crippen LogP contribution is -2.48. The summed E-state index contributed by atoms with van der Waals surface area (Å²) in [6.07, 6.45) is 1.67. The van der Waals surface area contributed by atoms with Crippen LogP contribution in [0.25, 0.3) is 0 Å². The van der Waals surface area contributed by atoms with E-state index >= 15 is 0 Å². The highest BCUT2D eigenvalue weighted by atomic mass is 35.5. The third kappa shape index (κ3) is 5.53. The Morgan fingerprint density at radius 3 is 2.47 bits per heavy atom. The number of hydrogen-bond acceptors (Lipinski definition) is 4. The van der Waals surface area contributed by atoms with E-state index in [0.717, 1.165) is 25.2 Å². The topological polar surface area (TPSA) is 50.6 Å². The molecule has 0 saturated carbocycles. The van der Waals surface area contributed by atoms with Crippen LogP contribution < -0.4 is 4.74 Å². The van der Waals surface area contributed by atoms with Crippen molar-refractivity contribution in [2.45, 2.75) is 13.3 Å². The number of ether oxygens (including phenoxy) is 1. The largest absolute Gasteiger partial charge is 0.471 e. The van der Waals surface area contributed by atoms with Crippen molar-refractivity contribution >= 4 is 40.7 Å². The Hall–Kier alpha value is -2.32. The molecule has 0 atom stereocenters. The van der Waals surface area contributed by atoms with Gasteiger partial charge in [-0.05, 0) is 35.9 Å². The van der Waals surface area contributed by atoms with Crippen LogP contribution in [0.2, 0.25) is 15.1 Å². The van der Waals surface area contributed by atoms with Gasteiger partial charge in [-0.15, -0.1) is 0 Å². The van der Waals surface area contributed by atoms with Crippen molar-refractivity contribution in [1.82, 2.24) is 19.6 Å². The van der Waals surface area contributed by atoms with Crippen molar-refractivity contribution in [3.05, 3.63) is 80.8 Å². The average Bonchev–Trinajstić information content (AvgIpc) is 3.26. The fourth-order valence-electron chi connectivity index (χ4n) is 3.42. The van der Waals surface area contributed by atoms with Gasteiger partial charge in [0.2, 0.25) is 0 Å². The van der Waals surface area contributed by atoms with Crippen molar-refractivity contribution in [1.29, 1.82) is 0 Å². The molecule has 0 bridgehead atoms. The molecule has 2 aromatic carbocycles. The van der Waals surface area contributed by atoms with E-state index in [1.54, 1.807) is 23.2 Å². The van der Waals surface area contributed by atoms with Gasteiger partial charge in [-0.1, -0.05) is 40.9 Å². The quantitative estimate of drug-likeness (QED) is 0.482. The Labute approximate surface area is 200 Å². The summed E-state index contributed by atoms with van der Waals surface area (Å²) in [5.41, 5.74) is 1.43. The molecule has 1 aliphatic heterocycles. The molecule has 1 amide bonds. The summed E-state index contributed by atoms with van der Waals surface area (Å²) in [5.74, 6) is -0.219. The number of benzene rings is 2. The molecule has 0 aliphatic carbocycles. The maximum Gasteiger partial charge on any atom is 0.274 e. The van der Waals surface area contributed by atoms with E-state index in [1.807, 2.05) is 12.1 Å². The van der Waals surface area contributed by atoms with Crippen LogP contribution in [-0.2, 0) is 13.3 Å². The number of amides is 1. The van der Waals surface area contributed by atoms with Gasteiger partial charge in [-0.25, -0.2) is 9.07 Å². The van der Waals surface area contributed by atoms with Gasteiger partial charge in [0.15, 0.2) is 12.4 Å². The summed E-state index contributed by atoms with van der Waals surface area (Å²) in [5, 5.41) is 5.36. The Morgan fingerprint density at radius 1 is 0.969 bits per heavy atom. The molecule has 1 fully saturated rings. The standard InChI is InChI=1S/C22H20Cl3FN4O2/c23-17-3-1-15(11-18(17)24)13-28-7-9-29(10-8-28)22(31)21-5-6-30(27-21)14-32-16-2-4-20(26)19(25)12-16/h1-6,11-12H,7-10,13-14H2. The number of carbonyl (C=O) groups is 1. The van der Waals surface area contributed by atoms with E-state index in [-0.39, 0.29) is 17.7 Å². The van der Waals surface area contributed by atoms with Crippen molar-refractivity contribution in [3.63, 3.8) is 0 Å². The summed E-state index contributed by atoms with van der Waals surface area (Å²) >= 11 is 17.8. The van der Waals surface area contributed by atoms with Crippen LogP contribution in [0.1, 0.15) is 16.1 Å². The molecule has 0 radical (unpaired) electrons. The maximum absolute atomic E-state index is 13.2. The highest BCUT2D eigenvalue weighted by Gasteiger charge is 2.24. The Balaban J connectivity index is 1.28. The van der Waals surface area contributed by atoms with Crippen molar-refractivity contribution in [2.24, 2.45) is 0 Å². The van der Waals surface area contributed by atoms with Crippen LogP contribution >= 0.6 is 34.8 Å². The third-order valence-corrected chi connectivity index (χ3v) is 6.19. The molecule has 0 N–H and O–H groups in total. The van der Waals surface area contributed by atoms with Gasteiger partial charge in [0.05, 0.1) is 15.1 Å². The second kappa shape index (κ2) is 10.1.